The lowest BCUT2D eigenvalue weighted by atomic mass is 10.1. The zero-order valence-corrected chi connectivity index (χ0v) is 13.6. The van der Waals surface area contributed by atoms with E-state index in [4.69, 9.17) is 24.8 Å². The number of carbonyl (C=O) groups is 1. The summed E-state index contributed by atoms with van der Waals surface area (Å²) >= 11 is 0. The number of ether oxygens (including phenoxy) is 2. The standard InChI is InChI=1S/C12H16N6O2.C2H4O2/c1-19-9-4-3-5-10(20-2)8(9)6-14-11(13)17-12-15-7-16-18-12;1-2(3)4/h3-5,7H,6H2,1-2H3,(H4,13,14,15,16,17,18);1H3,(H,3,4). The van der Waals surface area contributed by atoms with Gasteiger partial charge in [0.15, 0.2) is 5.96 Å². The molecule has 0 unspecified atom stereocenters. The summed E-state index contributed by atoms with van der Waals surface area (Å²) in [7, 11) is 3.19. The highest BCUT2D eigenvalue weighted by Crippen LogP contribution is 2.27. The number of nitrogens with zero attached hydrogens (tertiary/aromatic N) is 2. The third-order valence-electron chi connectivity index (χ3n) is 2.63. The summed E-state index contributed by atoms with van der Waals surface area (Å²) in [6.45, 7) is 1.47. The first-order chi connectivity index (χ1) is 11.5. The highest BCUT2D eigenvalue weighted by atomic mass is 16.5. The first-order valence-corrected chi connectivity index (χ1v) is 6.82. The van der Waals surface area contributed by atoms with Gasteiger partial charge in [-0.05, 0) is 12.1 Å². The Morgan fingerprint density at radius 2 is 1.92 bits per heavy atom. The molecule has 0 aliphatic rings. The number of methoxy groups -OCH3 is 2. The van der Waals surface area contributed by atoms with Crippen LogP contribution < -0.4 is 20.1 Å². The van der Waals surface area contributed by atoms with Gasteiger partial charge in [-0.15, -0.1) is 10.2 Å². The van der Waals surface area contributed by atoms with Crippen LogP contribution in [0.5, 0.6) is 11.5 Å². The molecule has 0 saturated heterocycles. The van der Waals surface area contributed by atoms with Crippen LogP contribution in [0.25, 0.3) is 0 Å². The molecule has 0 atom stereocenters. The summed E-state index contributed by atoms with van der Waals surface area (Å²) in [5, 5.41) is 28.2. The summed E-state index contributed by atoms with van der Waals surface area (Å²) in [5.41, 5.74) is 0.835. The van der Waals surface area contributed by atoms with Crippen molar-refractivity contribution in [3.8, 4) is 11.5 Å². The minimum Gasteiger partial charge on any atom is -0.496 e. The molecule has 1 aromatic carbocycles. The van der Waals surface area contributed by atoms with Crippen LogP contribution in [0.2, 0.25) is 0 Å². The number of carboxylic acids is 1. The van der Waals surface area contributed by atoms with Crippen molar-refractivity contribution in [3.05, 3.63) is 30.1 Å². The summed E-state index contributed by atoms with van der Waals surface area (Å²) < 4.78 is 10.6. The van der Waals surface area contributed by atoms with Crippen molar-refractivity contribution in [2.24, 2.45) is 0 Å². The maximum Gasteiger partial charge on any atom is 0.300 e. The monoisotopic (exact) mass is 336 g/mol. The normalized spacial score (nSPS) is 9.29. The van der Waals surface area contributed by atoms with Gasteiger partial charge in [-0.3, -0.25) is 15.5 Å². The van der Waals surface area contributed by atoms with E-state index in [0.717, 1.165) is 12.5 Å². The van der Waals surface area contributed by atoms with E-state index in [1.165, 1.54) is 6.33 Å². The molecule has 130 valence electrons. The van der Waals surface area contributed by atoms with Crippen LogP contribution in [0, 0.1) is 5.41 Å². The third kappa shape index (κ3) is 6.22. The lowest BCUT2D eigenvalue weighted by molar-refractivity contribution is -0.134. The number of rotatable bonds is 5. The van der Waals surface area contributed by atoms with Crippen molar-refractivity contribution in [1.82, 2.24) is 20.5 Å². The highest BCUT2D eigenvalue weighted by Gasteiger charge is 2.10. The first kappa shape index (κ1) is 18.7. The molecule has 24 heavy (non-hydrogen) atoms. The molecule has 0 fully saturated rings. The van der Waals surface area contributed by atoms with Crippen molar-refractivity contribution in [3.63, 3.8) is 0 Å². The molecule has 5 N–H and O–H groups in total. The number of carboxylic acid groups (broad SMARTS) is 1. The smallest absolute Gasteiger partial charge is 0.300 e. The van der Waals surface area contributed by atoms with E-state index in [1.54, 1.807) is 14.2 Å². The van der Waals surface area contributed by atoms with Gasteiger partial charge >= 0.3 is 0 Å². The van der Waals surface area contributed by atoms with E-state index in [2.05, 4.69) is 25.8 Å². The van der Waals surface area contributed by atoms with Crippen LogP contribution in [0.3, 0.4) is 0 Å². The molecule has 2 rings (SSSR count). The first-order valence-electron chi connectivity index (χ1n) is 6.82. The number of aromatic nitrogens is 3. The molecule has 0 aliphatic carbocycles. The van der Waals surface area contributed by atoms with Gasteiger partial charge in [0, 0.05) is 6.92 Å². The van der Waals surface area contributed by atoms with Crippen LogP contribution in [-0.4, -0.2) is 46.4 Å². The zero-order valence-electron chi connectivity index (χ0n) is 13.6. The fourth-order valence-electron chi connectivity index (χ4n) is 1.71. The number of aliphatic carboxylic acids is 1. The summed E-state index contributed by atoms with van der Waals surface area (Å²) in [5.74, 6) is 1.05. The second-order valence-corrected chi connectivity index (χ2v) is 4.35. The molecule has 0 aliphatic heterocycles. The predicted molar refractivity (Wildman–Crippen MR) is 87.4 cm³/mol. The lowest BCUT2D eigenvalue weighted by Crippen LogP contribution is -2.29. The fourth-order valence-corrected chi connectivity index (χ4v) is 1.71. The number of aromatic amines is 1. The van der Waals surface area contributed by atoms with E-state index >= 15 is 0 Å². The number of hydrogen-bond acceptors (Lipinski definition) is 6. The molecule has 0 radical (unpaired) electrons. The Morgan fingerprint density at radius 3 is 2.38 bits per heavy atom. The Morgan fingerprint density at radius 1 is 1.33 bits per heavy atom. The van der Waals surface area contributed by atoms with Crippen LogP contribution >= 0.6 is 0 Å². The Balaban J connectivity index is 0.000000648. The van der Waals surface area contributed by atoms with Crippen molar-refractivity contribution in [1.29, 1.82) is 5.41 Å². The average Bonchev–Trinajstić information content (AvgIpc) is 3.04. The Labute approximate surface area is 138 Å². The van der Waals surface area contributed by atoms with E-state index in [1.807, 2.05) is 18.2 Å². The van der Waals surface area contributed by atoms with Gasteiger partial charge < -0.3 is 24.9 Å². The molecule has 0 saturated carbocycles. The fraction of sp³-hybridized carbons (Fsp3) is 0.286. The number of benzene rings is 1. The molecule has 10 nitrogen and oxygen atoms in total. The van der Waals surface area contributed by atoms with E-state index < -0.39 is 5.97 Å². The van der Waals surface area contributed by atoms with Crippen LogP contribution in [0.1, 0.15) is 12.5 Å². The minimum absolute atomic E-state index is 0.0923. The van der Waals surface area contributed by atoms with Gasteiger partial charge in [-0.25, -0.2) is 0 Å². The summed E-state index contributed by atoms with van der Waals surface area (Å²) in [6, 6.07) is 5.53. The van der Waals surface area contributed by atoms with Gasteiger partial charge in [-0.2, -0.15) is 0 Å². The molecule has 2 aromatic rings. The van der Waals surface area contributed by atoms with E-state index in [0.29, 0.717) is 24.0 Å². The van der Waals surface area contributed by atoms with Crippen molar-refractivity contribution >= 4 is 17.9 Å². The Bertz CT molecular complexity index is 633. The maximum atomic E-state index is 9.00. The number of guanidine groups is 1. The molecular weight excluding hydrogens is 316 g/mol. The Kier molecular flexibility index (Phi) is 7.55. The van der Waals surface area contributed by atoms with Gasteiger partial charge in [0.2, 0.25) is 5.95 Å². The quantitative estimate of drug-likeness (QED) is 0.402. The Hall–Kier alpha value is -3.30. The molecule has 0 spiro atoms. The second kappa shape index (κ2) is 9.66. The number of H-pyrrole nitrogens is 1. The molecule has 1 heterocycles. The number of hydrogen-bond donors (Lipinski definition) is 5. The second-order valence-electron chi connectivity index (χ2n) is 4.35. The molecule has 10 heteroatoms. The highest BCUT2D eigenvalue weighted by molar-refractivity contribution is 5.89. The summed E-state index contributed by atoms with van der Waals surface area (Å²) in [6.07, 6.45) is 1.43. The van der Waals surface area contributed by atoms with E-state index in [-0.39, 0.29) is 5.96 Å². The maximum absolute atomic E-state index is 9.00. The summed E-state index contributed by atoms with van der Waals surface area (Å²) in [4.78, 5) is 11.7. The zero-order chi connectivity index (χ0) is 17.9. The number of anilines is 1. The van der Waals surface area contributed by atoms with Gasteiger partial charge in [0.25, 0.3) is 5.97 Å². The minimum atomic E-state index is -0.833. The SMILES string of the molecule is CC(=O)O.COc1cccc(OC)c1CNC(=N)Nc1nnc[nH]1. The third-order valence-corrected chi connectivity index (χ3v) is 2.63. The van der Waals surface area contributed by atoms with Crippen LogP contribution in [-0.2, 0) is 11.3 Å². The molecule has 0 bridgehead atoms. The van der Waals surface area contributed by atoms with Crippen molar-refractivity contribution in [2.45, 2.75) is 13.5 Å². The van der Waals surface area contributed by atoms with Crippen molar-refractivity contribution < 1.29 is 19.4 Å². The van der Waals surface area contributed by atoms with Gasteiger partial charge in [0.1, 0.15) is 17.8 Å². The predicted octanol–water partition coefficient (Wildman–Crippen LogP) is 1.05. The topological polar surface area (TPSA) is 145 Å². The molecule has 0 amide bonds. The number of nitrogens with one attached hydrogen (secondary N) is 4. The van der Waals surface area contributed by atoms with E-state index in [9.17, 15) is 0 Å². The molecular formula is C14H20N6O4. The van der Waals surface area contributed by atoms with Gasteiger partial charge in [0.05, 0.1) is 26.3 Å². The largest absolute Gasteiger partial charge is 0.496 e. The molecule has 1 aromatic heterocycles. The van der Waals surface area contributed by atoms with Crippen LogP contribution in [0.15, 0.2) is 24.5 Å². The van der Waals surface area contributed by atoms with Gasteiger partial charge in [-0.1, -0.05) is 6.07 Å². The van der Waals surface area contributed by atoms with Crippen molar-refractivity contribution in [2.75, 3.05) is 19.5 Å². The average molecular weight is 336 g/mol. The van der Waals surface area contributed by atoms with Crippen LogP contribution in [0.4, 0.5) is 5.95 Å². The lowest BCUT2D eigenvalue weighted by Gasteiger charge is -2.14.